The zero-order chi connectivity index (χ0) is 20.6. The van der Waals surface area contributed by atoms with Crippen LogP contribution in [0.15, 0.2) is 42.6 Å². The van der Waals surface area contributed by atoms with Gasteiger partial charge in [-0.25, -0.2) is 4.98 Å². The van der Waals surface area contributed by atoms with E-state index in [9.17, 15) is 22.8 Å². The number of Topliss-reactive ketones (excluding diaryl/α,β-unsaturated/α-hetero) is 1. The van der Waals surface area contributed by atoms with E-state index in [-0.39, 0.29) is 18.3 Å². The van der Waals surface area contributed by atoms with Crippen LogP contribution in [0.3, 0.4) is 0 Å². The van der Waals surface area contributed by atoms with E-state index in [0.717, 1.165) is 5.56 Å². The minimum absolute atomic E-state index is 0.117. The largest absolute Gasteiger partial charge is 0.484 e. The Morgan fingerprint density at radius 1 is 1.07 bits per heavy atom. The van der Waals surface area contributed by atoms with Gasteiger partial charge in [0.15, 0.2) is 13.2 Å². The van der Waals surface area contributed by atoms with Gasteiger partial charge in [-0.05, 0) is 37.1 Å². The molecule has 1 amide bonds. The lowest BCUT2D eigenvalue weighted by Crippen LogP contribution is -2.21. The second-order valence-electron chi connectivity index (χ2n) is 5.97. The normalized spacial score (nSPS) is 11.0. The Hall–Kier alpha value is -3.10. The number of hydrogen-bond acceptors (Lipinski definition) is 5. The third-order valence-electron chi connectivity index (χ3n) is 3.46. The lowest BCUT2D eigenvalue weighted by molar-refractivity contribution is -0.154. The first-order valence-electron chi connectivity index (χ1n) is 8.38. The summed E-state index contributed by atoms with van der Waals surface area (Å²) < 4.78 is 46.1. The van der Waals surface area contributed by atoms with E-state index < -0.39 is 18.7 Å². The van der Waals surface area contributed by atoms with Crippen molar-refractivity contribution in [2.45, 2.75) is 25.9 Å². The van der Waals surface area contributed by atoms with Crippen molar-refractivity contribution in [3.63, 3.8) is 0 Å². The molecule has 0 saturated heterocycles. The molecule has 0 fully saturated rings. The second kappa shape index (κ2) is 9.72. The minimum atomic E-state index is -4.45. The van der Waals surface area contributed by atoms with Crippen molar-refractivity contribution in [2.24, 2.45) is 0 Å². The van der Waals surface area contributed by atoms with Crippen LogP contribution >= 0.6 is 0 Å². The molecule has 9 heteroatoms. The molecule has 28 heavy (non-hydrogen) atoms. The number of aryl methyl sites for hydroxylation is 1. The van der Waals surface area contributed by atoms with Crippen LogP contribution in [0.2, 0.25) is 0 Å². The summed E-state index contributed by atoms with van der Waals surface area (Å²) in [5.41, 5.74) is 1.29. The Kier molecular flexibility index (Phi) is 7.36. The Labute approximate surface area is 159 Å². The number of aromatic nitrogens is 1. The third-order valence-corrected chi connectivity index (χ3v) is 3.46. The van der Waals surface area contributed by atoms with Gasteiger partial charge in [-0.3, -0.25) is 4.79 Å². The molecule has 0 bridgehead atoms. The molecule has 0 aliphatic rings. The highest BCUT2D eigenvalue weighted by Gasteiger charge is 2.28. The van der Waals surface area contributed by atoms with E-state index in [0.29, 0.717) is 24.3 Å². The molecule has 1 aromatic carbocycles. The van der Waals surface area contributed by atoms with Crippen LogP contribution in [0.4, 0.5) is 18.9 Å². The monoisotopic (exact) mass is 396 g/mol. The van der Waals surface area contributed by atoms with Gasteiger partial charge in [0.1, 0.15) is 11.5 Å². The smallest absolute Gasteiger partial charge is 0.422 e. The van der Waals surface area contributed by atoms with Crippen molar-refractivity contribution < 1.29 is 32.2 Å². The molecule has 0 unspecified atom stereocenters. The molecule has 2 rings (SSSR count). The summed E-state index contributed by atoms with van der Waals surface area (Å²) in [6, 6.07) is 9.65. The zero-order valence-corrected chi connectivity index (χ0v) is 15.1. The summed E-state index contributed by atoms with van der Waals surface area (Å²) in [6.07, 6.45) is -2.15. The van der Waals surface area contributed by atoms with Crippen molar-refractivity contribution in [1.82, 2.24) is 4.98 Å². The van der Waals surface area contributed by atoms with Crippen LogP contribution < -0.4 is 14.8 Å². The molecule has 0 aliphatic heterocycles. The minimum Gasteiger partial charge on any atom is -0.484 e. The van der Waals surface area contributed by atoms with Crippen LogP contribution in [-0.4, -0.2) is 36.1 Å². The first-order chi connectivity index (χ1) is 13.2. The Morgan fingerprint density at radius 3 is 2.36 bits per heavy atom. The van der Waals surface area contributed by atoms with Gasteiger partial charge in [0.2, 0.25) is 5.88 Å². The van der Waals surface area contributed by atoms with Gasteiger partial charge >= 0.3 is 6.18 Å². The zero-order valence-electron chi connectivity index (χ0n) is 15.1. The summed E-state index contributed by atoms with van der Waals surface area (Å²) in [7, 11) is 0. The molecular formula is C19H19F3N2O4. The van der Waals surface area contributed by atoms with E-state index in [1.807, 2.05) is 12.1 Å². The number of rotatable bonds is 9. The Bertz CT molecular complexity index is 790. The number of nitrogens with one attached hydrogen (secondary N) is 1. The van der Waals surface area contributed by atoms with Crippen molar-refractivity contribution in [2.75, 3.05) is 18.5 Å². The maximum absolute atomic E-state index is 12.1. The summed E-state index contributed by atoms with van der Waals surface area (Å²) in [4.78, 5) is 26.6. The summed E-state index contributed by atoms with van der Waals surface area (Å²) in [5.74, 6) is -0.0370. The van der Waals surface area contributed by atoms with Crippen molar-refractivity contribution in [1.29, 1.82) is 0 Å². The van der Waals surface area contributed by atoms with E-state index >= 15 is 0 Å². The molecule has 2 aromatic rings. The SMILES string of the molecule is CC(=O)CCc1ccc(OCC(=O)Nc2ccc(OCC(F)(F)F)nc2)cc1. The molecule has 6 nitrogen and oxygen atoms in total. The van der Waals surface area contributed by atoms with Gasteiger partial charge in [0.05, 0.1) is 11.9 Å². The molecule has 0 aliphatic carbocycles. The highest BCUT2D eigenvalue weighted by molar-refractivity contribution is 5.91. The first-order valence-corrected chi connectivity index (χ1v) is 8.38. The Morgan fingerprint density at radius 2 is 1.79 bits per heavy atom. The number of alkyl halides is 3. The third kappa shape index (κ3) is 8.07. The average molecular weight is 396 g/mol. The number of ketones is 1. The number of anilines is 1. The van der Waals surface area contributed by atoms with E-state index in [1.54, 1.807) is 12.1 Å². The Balaban J connectivity index is 1.76. The molecule has 0 spiro atoms. The number of carbonyl (C=O) groups is 2. The van der Waals surface area contributed by atoms with Crippen LogP contribution in [-0.2, 0) is 16.0 Å². The molecule has 150 valence electrons. The van der Waals surface area contributed by atoms with Gasteiger partial charge in [0.25, 0.3) is 5.91 Å². The summed E-state index contributed by atoms with van der Waals surface area (Å²) in [5, 5.41) is 2.51. The highest BCUT2D eigenvalue weighted by atomic mass is 19.4. The average Bonchev–Trinajstić information content (AvgIpc) is 2.64. The van der Waals surface area contributed by atoms with Crippen LogP contribution in [0.5, 0.6) is 11.6 Å². The number of benzene rings is 1. The number of hydrogen-bond donors (Lipinski definition) is 1. The highest BCUT2D eigenvalue weighted by Crippen LogP contribution is 2.18. The van der Waals surface area contributed by atoms with Crippen LogP contribution in [0, 0.1) is 0 Å². The molecule has 1 N–H and O–H groups in total. The van der Waals surface area contributed by atoms with Crippen molar-refractivity contribution in [3.05, 3.63) is 48.2 Å². The maximum atomic E-state index is 12.1. The molecule has 1 heterocycles. The standard InChI is InChI=1S/C19H19F3N2O4/c1-13(25)2-3-14-4-7-16(8-5-14)27-11-17(26)24-15-6-9-18(23-10-15)28-12-19(20,21)22/h4-10H,2-3,11-12H2,1H3,(H,24,26). The molecule has 0 saturated carbocycles. The topological polar surface area (TPSA) is 77.5 Å². The van der Waals surface area contributed by atoms with E-state index in [4.69, 9.17) is 4.74 Å². The number of ether oxygens (including phenoxy) is 2. The lowest BCUT2D eigenvalue weighted by Gasteiger charge is -2.10. The predicted molar refractivity (Wildman–Crippen MR) is 95.4 cm³/mol. The maximum Gasteiger partial charge on any atom is 0.422 e. The van der Waals surface area contributed by atoms with Crippen molar-refractivity contribution >= 4 is 17.4 Å². The number of halogens is 3. The number of pyridine rings is 1. The fraction of sp³-hybridized carbons (Fsp3) is 0.316. The quantitative estimate of drug-likeness (QED) is 0.701. The van der Waals surface area contributed by atoms with Gasteiger partial charge < -0.3 is 19.6 Å². The predicted octanol–water partition coefficient (Wildman–Crippen LogP) is 3.56. The van der Waals surface area contributed by atoms with E-state index in [2.05, 4.69) is 15.0 Å². The van der Waals surface area contributed by atoms with Crippen LogP contribution in [0.1, 0.15) is 18.9 Å². The summed E-state index contributed by atoms with van der Waals surface area (Å²) >= 11 is 0. The van der Waals surface area contributed by atoms with Gasteiger partial charge in [-0.15, -0.1) is 0 Å². The molecule has 0 radical (unpaired) electrons. The lowest BCUT2D eigenvalue weighted by atomic mass is 10.1. The van der Waals surface area contributed by atoms with Crippen molar-refractivity contribution in [3.8, 4) is 11.6 Å². The number of carbonyl (C=O) groups excluding carboxylic acids is 2. The fourth-order valence-corrected chi connectivity index (χ4v) is 2.11. The van der Waals surface area contributed by atoms with Crippen LogP contribution in [0.25, 0.3) is 0 Å². The number of amides is 1. The molecule has 0 atom stereocenters. The van der Waals surface area contributed by atoms with E-state index in [1.165, 1.54) is 25.3 Å². The molecule has 1 aromatic heterocycles. The fourth-order valence-electron chi connectivity index (χ4n) is 2.11. The molecular weight excluding hydrogens is 377 g/mol. The number of nitrogens with zero attached hydrogens (tertiary/aromatic N) is 1. The first kappa shape index (κ1) is 21.2. The second-order valence-corrected chi connectivity index (χ2v) is 5.97. The van der Waals surface area contributed by atoms with Gasteiger partial charge in [-0.2, -0.15) is 13.2 Å². The van der Waals surface area contributed by atoms with Gasteiger partial charge in [-0.1, -0.05) is 12.1 Å². The van der Waals surface area contributed by atoms with Gasteiger partial charge in [0, 0.05) is 12.5 Å². The summed E-state index contributed by atoms with van der Waals surface area (Å²) in [6.45, 7) is -0.152.